The highest BCUT2D eigenvalue weighted by Gasteiger charge is 2.27. The van der Waals surface area contributed by atoms with Gasteiger partial charge in [0.25, 0.3) is 11.8 Å². The van der Waals surface area contributed by atoms with Crippen molar-refractivity contribution in [2.24, 2.45) is 5.92 Å². The first-order valence-electron chi connectivity index (χ1n) is 10.9. The number of piperidine rings is 1. The van der Waals surface area contributed by atoms with Gasteiger partial charge in [-0.1, -0.05) is 18.2 Å². The predicted octanol–water partition coefficient (Wildman–Crippen LogP) is 1.82. The maximum atomic E-state index is 12.6. The van der Waals surface area contributed by atoms with Crippen molar-refractivity contribution in [1.29, 1.82) is 0 Å². The minimum atomic E-state index is -0.536. The third-order valence-corrected chi connectivity index (χ3v) is 5.53. The molecule has 3 rings (SSSR count). The van der Waals surface area contributed by atoms with Crippen molar-refractivity contribution in [2.45, 2.75) is 12.8 Å². The van der Waals surface area contributed by atoms with E-state index in [-0.39, 0.29) is 29.8 Å². The molecule has 0 radical (unpaired) electrons. The summed E-state index contributed by atoms with van der Waals surface area (Å²) < 4.78 is 15.8. The molecule has 1 atom stereocenters. The second-order valence-electron chi connectivity index (χ2n) is 7.85. The van der Waals surface area contributed by atoms with Crippen molar-refractivity contribution < 1.29 is 28.6 Å². The molecule has 2 aromatic rings. The quantitative estimate of drug-likeness (QED) is 0.504. The summed E-state index contributed by atoms with van der Waals surface area (Å²) >= 11 is 0. The Morgan fingerprint density at radius 2 is 1.65 bits per heavy atom. The second kappa shape index (κ2) is 11.9. The molecule has 0 saturated carbocycles. The zero-order chi connectivity index (χ0) is 24.5. The molecule has 34 heavy (non-hydrogen) atoms. The molecule has 1 aliphatic heterocycles. The van der Waals surface area contributed by atoms with Gasteiger partial charge in [-0.2, -0.15) is 0 Å². The molecule has 0 spiro atoms. The Bertz CT molecular complexity index is 989. The van der Waals surface area contributed by atoms with E-state index < -0.39 is 5.91 Å². The molecule has 1 saturated heterocycles. The number of amides is 3. The van der Waals surface area contributed by atoms with Gasteiger partial charge in [0.05, 0.1) is 33.8 Å². The van der Waals surface area contributed by atoms with Crippen LogP contribution < -0.4 is 30.4 Å². The first-order chi connectivity index (χ1) is 16.4. The van der Waals surface area contributed by atoms with E-state index in [1.165, 1.54) is 33.5 Å². The van der Waals surface area contributed by atoms with Crippen molar-refractivity contribution in [1.82, 2.24) is 15.8 Å². The SMILES string of the molecule is COc1cc(C(=O)NNC(=O)CN2CCC[C@@H](C(=O)Nc3ccccc3)C2)cc(OC)c1OC. The minimum absolute atomic E-state index is 0.0602. The summed E-state index contributed by atoms with van der Waals surface area (Å²) in [5.41, 5.74) is 5.80. The number of hydrogen-bond acceptors (Lipinski definition) is 7. The van der Waals surface area contributed by atoms with E-state index in [0.717, 1.165) is 18.5 Å². The van der Waals surface area contributed by atoms with Crippen LogP contribution >= 0.6 is 0 Å². The van der Waals surface area contributed by atoms with Crippen LogP contribution in [0.25, 0.3) is 0 Å². The average Bonchev–Trinajstić information content (AvgIpc) is 2.87. The van der Waals surface area contributed by atoms with Gasteiger partial charge >= 0.3 is 0 Å². The van der Waals surface area contributed by atoms with Gasteiger partial charge in [-0.25, -0.2) is 0 Å². The van der Waals surface area contributed by atoms with Crippen LogP contribution in [-0.2, 0) is 9.59 Å². The van der Waals surface area contributed by atoms with Gasteiger partial charge < -0.3 is 19.5 Å². The molecule has 2 aromatic carbocycles. The number of hydrazine groups is 1. The molecule has 0 unspecified atom stereocenters. The lowest BCUT2D eigenvalue weighted by Crippen LogP contribution is -2.49. The van der Waals surface area contributed by atoms with Crippen molar-refractivity contribution in [3.63, 3.8) is 0 Å². The van der Waals surface area contributed by atoms with Crippen molar-refractivity contribution in [3.05, 3.63) is 48.0 Å². The molecule has 1 aliphatic rings. The predicted molar refractivity (Wildman–Crippen MR) is 126 cm³/mol. The summed E-state index contributed by atoms with van der Waals surface area (Å²) in [6, 6.07) is 12.3. The van der Waals surface area contributed by atoms with Crippen LogP contribution in [0.5, 0.6) is 17.2 Å². The van der Waals surface area contributed by atoms with Gasteiger partial charge in [0.15, 0.2) is 11.5 Å². The normalized spacial score (nSPS) is 15.7. The number of benzene rings is 2. The number of carbonyl (C=O) groups is 3. The summed E-state index contributed by atoms with van der Waals surface area (Å²) in [7, 11) is 4.37. The highest BCUT2D eigenvalue weighted by molar-refractivity contribution is 5.97. The van der Waals surface area contributed by atoms with Crippen LogP contribution in [0, 0.1) is 5.92 Å². The number of ether oxygens (including phenoxy) is 3. The number of rotatable bonds is 8. The van der Waals surface area contributed by atoms with Gasteiger partial charge in [-0.15, -0.1) is 0 Å². The summed E-state index contributed by atoms with van der Waals surface area (Å²) in [5, 5.41) is 2.92. The molecule has 182 valence electrons. The lowest BCUT2D eigenvalue weighted by Gasteiger charge is -2.31. The van der Waals surface area contributed by atoms with Crippen LogP contribution in [0.4, 0.5) is 5.69 Å². The highest BCUT2D eigenvalue weighted by Crippen LogP contribution is 2.38. The average molecular weight is 471 g/mol. The smallest absolute Gasteiger partial charge is 0.269 e. The van der Waals surface area contributed by atoms with Crippen molar-refractivity contribution in [2.75, 3.05) is 46.3 Å². The zero-order valence-electron chi connectivity index (χ0n) is 19.6. The maximum Gasteiger partial charge on any atom is 0.269 e. The largest absolute Gasteiger partial charge is 0.493 e. The number of nitrogens with zero attached hydrogens (tertiary/aromatic N) is 1. The van der Waals surface area contributed by atoms with E-state index >= 15 is 0 Å². The first-order valence-corrected chi connectivity index (χ1v) is 10.9. The van der Waals surface area contributed by atoms with Gasteiger partial charge in [0, 0.05) is 17.8 Å². The van der Waals surface area contributed by atoms with Crippen LogP contribution in [-0.4, -0.2) is 63.6 Å². The number of anilines is 1. The Morgan fingerprint density at radius 1 is 0.971 bits per heavy atom. The molecule has 1 heterocycles. The summed E-state index contributed by atoms with van der Waals surface area (Å²) in [6.45, 7) is 1.22. The fourth-order valence-electron chi connectivity index (χ4n) is 3.83. The lowest BCUT2D eigenvalue weighted by atomic mass is 9.97. The molecule has 3 amide bonds. The number of hydrogen-bond donors (Lipinski definition) is 3. The number of likely N-dealkylation sites (tertiary alicyclic amines) is 1. The molecule has 10 nitrogen and oxygen atoms in total. The molecule has 0 bridgehead atoms. The topological polar surface area (TPSA) is 118 Å². The Labute approximate surface area is 198 Å². The Hall–Kier alpha value is -3.79. The van der Waals surface area contributed by atoms with Crippen molar-refractivity contribution in [3.8, 4) is 17.2 Å². The fraction of sp³-hybridized carbons (Fsp3) is 0.375. The van der Waals surface area contributed by atoms with Gasteiger partial charge in [0.1, 0.15) is 0 Å². The lowest BCUT2D eigenvalue weighted by molar-refractivity contribution is -0.126. The van der Waals surface area contributed by atoms with E-state index in [4.69, 9.17) is 14.2 Å². The Kier molecular flexibility index (Phi) is 8.69. The summed E-state index contributed by atoms with van der Waals surface area (Å²) in [6.07, 6.45) is 1.56. The van der Waals surface area contributed by atoms with E-state index in [9.17, 15) is 14.4 Å². The zero-order valence-corrected chi connectivity index (χ0v) is 19.6. The fourth-order valence-corrected chi connectivity index (χ4v) is 3.83. The second-order valence-corrected chi connectivity index (χ2v) is 7.85. The number of methoxy groups -OCH3 is 3. The molecule has 1 fully saturated rings. The number of nitrogens with one attached hydrogen (secondary N) is 3. The summed E-state index contributed by atoms with van der Waals surface area (Å²) in [4.78, 5) is 39.5. The summed E-state index contributed by atoms with van der Waals surface area (Å²) in [5.74, 6) is -0.182. The van der Waals surface area contributed by atoms with E-state index in [0.29, 0.717) is 30.3 Å². The molecular weight excluding hydrogens is 440 g/mol. The van der Waals surface area contributed by atoms with Gasteiger partial charge in [0.2, 0.25) is 11.7 Å². The number of para-hydroxylation sites is 1. The molecular formula is C24H30N4O6. The maximum absolute atomic E-state index is 12.6. The van der Waals surface area contributed by atoms with Gasteiger partial charge in [-0.3, -0.25) is 30.1 Å². The standard InChI is InChI=1S/C24H30N4O6/c1-32-19-12-17(13-20(33-2)22(19)34-3)24(31)27-26-21(29)15-28-11-7-8-16(14-28)23(30)25-18-9-5-4-6-10-18/h4-6,9-10,12-13,16H,7-8,11,14-15H2,1-3H3,(H,25,30)(H,26,29)(H,27,31)/t16-/m1/s1. The molecule has 3 N–H and O–H groups in total. The minimum Gasteiger partial charge on any atom is -0.493 e. The monoisotopic (exact) mass is 470 g/mol. The van der Waals surface area contributed by atoms with Crippen LogP contribution in [0.3, 0.4) is 0 Å². The van der Waals surface area contributed by atoms with E-state index in [1.54, 1.807) is 0 Å². The molecule has 0 aliphatic carbocycles. The van der Waals surface area contributed by atoms with Crippen molar-refractivity contribution >= 4 is 23.4 Å². The highest BCUT2D eigenvalue weighted by atomic mass is 16.5. The number of carbonyl (C=O) groups excluding carboxylic acids is 3. The first kappa shape index (κ1) is 24.8. The van der Waals surface area contributed by atoms with Crippen LogP contribution in [0.15, 0.2) is 42.5 Å². The van der Waals surface area contributed by atoms with E-state index in [1.807, 2.05) is 35.2 Å². The Balaban J connectivity index is 1.51. The molecule has 10 heteroatoms. The molecule has 0 aromatic heterocycles. The Morgan fingerprint density at radius 3 is 2.26 bits per heavy atom. The third-order valence-electron chi connectivity index (χ3n) is 5.53. The van der Waals surface area contributed by atoms with E-state index in [2.05, 4.69) is 16.2 Å². The van der Waals surface area contributed by atoms with Crippen LogP contribution in [0.2, 0.25) is 0 Å². The third kappa shape index (κ3) is 6.38. The van der Waals surface area contributed by atoms with Crippen LogP contribution in [0.1, 0.15) is 23.2 Å². The van der Waals surface area contributed by atoms with Gasteiger partial charge in [-0.05, 0) is 43.7 Å².